The fourth-order valence-electron chi connectivity index (χ4n) is 4.10. The van der Waals surface area contributed by atoms with Gasteiger partial charge in [-0.2, -0.15) is 0 Å². The minimum absolute atomic E-state index is 0.253. The van der Waals surface area contributed by atoms with Crippen LogP contribution in [0.2, 0.25) is 0 Å². The molecule has 7 heteroatoms. The van der Waals surface area contributed by atoms with Crippen LogP contribution in [0.15, 0.2) is 0 Å². The maximum absolute atomic E-state index is 12.5. The Morgan fingerprint density at radius 1 is 0.957 bits per heavy atom. The van der Waals surface area contributed by atoms with Gasteiger partial charge in [0.2, 0.25) is 17.7 Å². The van der Waals surface area contributed by atoms with Crippen molar-refractivity contribution < 1.29 is 24.3 Å². The minimum Gasteiger partial charge on any atom is -0.480 e. The summed E-state index contributed by atoms with van der Waals surface area (Å²) in [6.45, 7) is 0.0628. The van der Waals surface area contributed by atoms with Gasteiger partial charge in [0.1, 0.15) is 12.6 Å². The number of likely N-dealkylation sites (tertiary alicyclic amines) is 2. The highest BCUT2D eigenvalue weighted by molar-refractivity contribution is 6.07. The van der Waals surface area contributed by atoms with Crippen LogP contribution >= 0.6 is 0 Å². The highest BCUT2D eigenvalue weighted by Crippen LogP contribution is 2.38. The van der Waals surface area contributed by atoms with Crippen molar-refractivity contribution in [1.82, 2.24) is 9.80 Å². The van der Waals surface area contributed by atoms with Gasteiger partial charge in [0.25, 0.3) is 0 Å². The standard InChI is InChI=1S/C16H22N2O5/c19-13(17-8-4-3-7-12(17)16(22)23)9-18-14(20)10-5-1-2-6-11(10)15(18)21/h10-12H,1-9H2,(H,22,23). The molecule has 3 fully saturated rings. The van der Waals surface area contributed by atoms with Gasteiger partial charge in [-0.3, -0.25) is 19.3 Å². The Balaban J connectivity index is 1.70. The number of hydrogen-bond donors (Lipinski definition) is 1. The summed E-state index contributed by atoms with van der Waals surface area (Å²) in [5.74, 6) is -2.52. The number of amides is 3. The maximum atomic E-state index is 12.5. The number of rotatable bonds is 3. The first kappa shape index (κ1) is 16.0. The summed E-state index contributed by atoms with van der Waals surface area (Å²) in [4.78, 5) is 51.0. The highest BCUT2D eigenvalue weighted by atomic mass is 16.4. The fraction of sp³-hybridized carbons (Fsp3) is 0.750. The fourth-order valence-corrected chi connectivity index (χ4v) is 4.10. The van der Waals surface area contributed by atoms with Crippen LogP contribution in [0.3, 0.4) is 0 Å². The molecule has 23 heavy (non-hydrogen) atoms. The summed E-state index contributed by atoms with van der Waals surface area (Å²) in [5, 5.41) is 9.25. The van der Waals surface area contributed by atoms with Crippen LogP contribution in [0.4, 0.5) is 0 Å². The maximum Gasteiger partial charge on any atom is 0.326 e. The van der Waals surface area contributed by atoms with Crippen LogP contribution in [0.1, 0.15) is 44.9 Å². The number of imide groups is 1. The first-order chi connectivity index (χ1) is 11.0. The van der Waals surface area contributed by atoms with Crippen LogP contribution in [-0.2, 0) is 19.2 Å². The van der Waals surface area contributed by atoms with Crippen LogP contribution < -0.4 is 0 Å². The minimum atomic E-state index is -1.02. The molecule has 2 aliphatic heterocycles. The Hall–Kier alpha value is -1.92. The highest BCUT2D eigenvalue weighted by Gasteiger charge is 2.49. The van der Waals surface area contributed by atoms with Gasteiger partial charge in [0.15, 0.2) is 0 Å². The number of nitrogens with zero attached hydrogens (tertiary/aromatic N) is 2. The van der Waals surface area contributed by atoms with E-state index in [-0.39, 0.29) is 30.2 Å². The normalized spacial score (nSPS) is 31.2. The summed E-state index contributed by atoms with van der Waals surface area (Å²) in [5.41, 5.74) is 0. The van der Waals surface area contributed by atoms with E-state index in [1.54, 1.807) is 0 Å². The molecular weight excluding hydrogens is 300 g/mol. The Labute approximate surface area is 134 Å². The van der Waals surface area contributed by atoms with Gasteiger partial charge in [-0.1, -0.05) is 12.8 Å². The summed E-state index contributed by atoms with van der Waals surface area (Å²) in [7, 11) is 0. The number of aliphatic carboxylic acids is 1. The van der Waals surface area contributed by atoms with Crippen LogP contribution in [-0.4, -0.2) is 57.7 Å². The van der Waals surface area contributed by atoms with Gasteiger partial charge in [0.05, 0.1) is 11.8 Å². The van der Waals surface area contributed by atoms with E-state index in [1.807, 2.05) is 0 Å². The van der Waals surface area contributed by atoms with Gasteiger partial charge < -0.3 is 10.0 Å². The van der Waals surface area contributed by atoms with Gasteiger partial charge in [-0.05, 0) is 32.1 Å². The molecule has 7 nitrogen and oxygen atoms in total. The van der Waals surface area contributed by atoms with Crippen molar-refractivity contribution in [2.45, 2.75) is 51.0 Å². The SMILES string of the molecule is O=C(O)C1CCCCN1C(=O)CN1C(=O)C2CCCCC2C1=O. The third-order valence-electron chi connectivity index (χ3n) is 5.33. The predicted molar refractivity (Wildman–Crippen MR) is 79.2 cm³/mol. The first-order valence-electron chi connectivity index (χ1n) is 8.38. The first-order valence-corrected chi connectivity index (χ1v) is 8.38. The van der Waals surface area contributed by atoms with E-state index in [0.29, 0.717) is 25.8 Å². The molecule has 3 amide bonds. The number of piperidine rings is 1. The number of hydrogen-bond acceptors (Lipinski definition) is 4. The molecule has 3 rings (SSSR count). The van der Waals surface area contributed by atoms with E-state index in [0.717, 1.165) is 30.6 Å². The molecule has 2 saturated heterocycles. The van der Waals surface area contributed by atoms with Crippen LogP contribution in [0.25, 0.3) is 0 Å². The zero-order valence-electron chi connectivity index (χ0n) is 13.1. The number of carbonyl (C=O) groups is 4. The molecule has 2 heterocycles. The van der Waals surface area contributed by atoms with Gasteiger partial charge >= 0.3 is 5.97 Å². The Morgan fingerprint density at radius 3 is 2.09 bits per heavy atom. The van der Waals surface area contributed by atoms with E-state index < -0.39 is 17.9 Å². The van der Waals surface area contributed by atoms with Gasteiger partial charge in [-0.15, -0.1) is 0 Å². The third-order valence-corrected chi connectivity index (χ3v) is 5.33. The molecule has 1 saturated carbocycles. The van der Waals surface area contributed by atoms with Crippen LogP contribution in [0.5, 0.6) is 0 Å². The zero-order chi connectivity index (χ0) is 16.6. The number of carboxylic acid groups (broad SMARTS) is 1. The van der Waals surface area contributed by atoms with E-state index in [2.05, 4.69) is 0 Å². The summed E-state index contributed by atoms with van der Waals surface area (Å²) in [6, 6.07) is -0.841. The molecule has 0 aromatic carbocycles. The molecular formula is C16H22N2O5. The quantitative estimate of drug-likeness (QED) is 0.769. The average Bonchev–Trinajstić information content (AvgIpc) is 2.80. The Kier molecular flexibility index (Phi) is 4.37. The molecule has 0 aromatic rings. The second-order valence-corrected chi connectivity index (χ2v) is 6.70. The second-order valence-electron chi connectivity index (χ2n) is 6.70. The molecule has 3 aliphatic rings. The molecule has 3 atom stereocenters. The lowest BCUT2D eigenvalue weighted by molar-refractivity contribution is -0.154. The van der Waals surface area contributed by atoms with Crippen molar-refractivity contribution in [2.75, 3.05) is 13.1 Å². The van der Waals surface area contributed by atoms with E-state index in [1.165, 1.54) is 4.90 Å². The summed E-state index contributed by atoms with van der Waals surface area (Å²) in [6.07, 6.45) is 5.25. The molecule has 0 bridgehead atoms. The summed E-state index contributed by atoms with van der Waals surface area (Å²) < 4.78 is 0. The predicted octanol–water partition coefficient (Wildman–Crippen LogP) is 0.627. The van der Waals surface area contributed by atoms with Crippen molar-refractivity contribution in [3.05, 3.63) is 0 Å². The molecule has 3 unspecified atom stereocenters. The average molecular weight is 322 g/mol. The second kappa shape index (κ2) is 6.29. The van der Waals surface area contributed by atoms with E-state index in [4.69, 9.17) is 0 Å². The van der Waals surface area contributed by atoms with E-state index >= 15 is 0 Å². The van der Waals surface area contributed by atoms with Crippen molar-refractivity contribution >= 4 is 23.7 Å². The monoisotopic (exact) mass is 322 g/mol. The van der Waals surface area contributed by atoms with Crippen molar-refractivity contribution in [3.8, 4) is 0 Å². The zero-order valence-corrected chi connectivity index (χ0v) is 13.1. The van der Waals surface area contributed by atoms with Gasteiger partial charge in [-0.25, -0.2) is 4.79 Å². The molecule has 126 valence electrons. The van der Waals surface area contributed by atoms with Crippen molar-refractivity contribution in [2.24, 2.45) is 11.8 Å². The number of fused-ring (bicyclic) bond motifs is 1. The number of carboxylic acids is 1. The Morgan fingerprint density at radius 2 is 1.52 bits per heavy atom. The van der Waals surface area contributed by atoms with Gasteiger partial charge in [0, 0.05) is 6.54 Å². The third kappa shape index (κ3) is 2.84. The van der Waals surface area contributed by atoms with E-state index in [9.17, 15) is 24.3 Å². The lowest BCUT2D eigenvalue weighted by Gasteiger charge is -2.33. The van der Waals surface area contributed by atoms with Crippen molar-refractivity contribution in [3.63, 3.8) is 0 Å². The topological polar surface area (TPSA) is 95.0 Å². The largest absolute Gasteiger partial charge is 0.480 e. The molecule has 1 N–H and O–H groups in total. The smallest absolute Gasteiger partial charge is 0.326 e. The number of carbonyl (C=O) groups excluding carboxylic acids is 3. The van der Waals surface area contributed by atoms with Crippen LogP contribution in [0, 0.1) is 11.8 Å². The lowest BCUT2D eigenvalue weighted by Crippen LogP contribution is -2.52. The molecule has 0 spiro atoms. The molecule has 0 radical (unpaired) electrons. The lowest BCUT2D eigenvalue weighted by atomic mass is 9.81. The Bertz CT molecular complexity index is 523. The molecule has 0 aromatic heterocycles. The van der Waals surface area contributed by atoms with Crippen molar-refractivity contribution in [1.29, 1.82) is 0 Å². The summed E-state index contributed by atoms with van der Waals surface area (Å²) >= 11 is 0. The molecule has 1 aliphatic carbocycles.